The molecule has 0 bridgehead atoms. The molecule has 0 atom stereocenters. The predicted molar refractivity (Wildman–Crippen MR) is 97.1 cm³/mol. The third kappa shape index (κ3) is 3.50. The van der Waals surface area contributed by atoms with E-state index in [1.54, 1.807) is 13.4 Å². The number of aromatic nitrogens is 3. The molecule has 2 aliphatic rings. The number of carbonyl (C=O) groups excluding carboxylic acids is 1. The van der Waals surface area contributed by atoms with Gasteiger partial charge in [0.1, 0.15) is 17.9 Å². The van der Waals surface area contributed by atoms with Crippen LogP contribution in [-0.4, -0.2) is 76.8 Å². The van der Waals surface area contributed by atoms with Crippen LogP contribution in [0, 0.1) is 0 Å². The molecule has 0 saturated carbocycles. The van der Waals surface area contributed by atoms with Gasteiger partial charge in [-0.3, -0.25) is 9.69 Å². The van der Waals surface area contributed by atoms with E-state index in [0.29, 0.717) is 13.1 Å². The van der Waals surface area contributed by atoms with Crippen LogP contribution in [0.2, 0.25) is 0 Å². The summed E-state index contributed by atoms with van der Waals surface area (Å²) in [6.07, 6.45) is 1.76. The molecule has 1 saturated heterocycles. The second kappa shape index (κ2) is 7.33. The van der Waals surface area contributed by atoms with Crippen molar-refractivity contribution in [1.29, 1.82) is 0 Å². The van der Waals surface area contributed by atoms with Gasteiger partial charge in [-0.05, 0) is 24.3 Å². The van der Waals surface area contributed by atoms with Crippen LogP contribution in [0.25, 0.3) is 0 Å². The van der Waals surface area contributed by atoms with Gasteiger partial charge in [-0.1, -0.05) is 0 Å². The fourth-order valence-corrected chi connectivity index (χ4v) is 3.55. The largest absolute Gasteiger partial charge is 0.497 e. The summed E-state index contributed by atoms with van der Waals surface area (Å²) < 4.78 is 7.26. The van der Waals surface area contributed by atoms with Crippen LogP contribution in [0.5, 0.6) is 5.75 Å². The van der Waals surface area contributed by atoms with E-state index in [1.165, 1.54) is 5.69 Å². The molecule has 0 N–H and O–H groups in total. The molecule has 0 aliphatic carbocycles. The number of fused-ring (bicyclic) bond motifs is 1. The van der Waals surface area contributed by atoms with Gasteiger partial charge in [0, 0.05) is 45.0 Å². The number of carbonyl (C=O) groups is 1. The minimum absolute atomic E-state index is 0.201. The summed E-state index contributed by atoms with van der Waals surface area (Å²) in [6, 6.07) is 8.09. The maximum atomic E-state index is 12.6. The van der Waals surface area contributed by atoms with E-state index in [9.17, 15) is 4.79 Å². The zero-order valence-electron chi connectivity index (χ0n) is 15.0. The third-order valence-corrected chi connectivity index (χ3v) is 5.15. The Kier molecular flexibility index (Phi) is 4.75. The lowest BCUT2D eigenvalue weighted by molar-refractivity contribution is -0.133. The van der Waals surface area contributed by atoms with E-state index in [-0.39, 0.29) is 5.91 Å². The normalized spacial score (nSPS) is 17.9. The first-order valence-electron chi connectivity index (χ1n) is 8.99. The third-order valence-electron chi connectivity index (χ3n) is 5.15. The number of anilines is 1. The molecule has 1 aromatic heterocycles. The van der Waals surface area contributed by atoms with Crippen molar-refractivity contribution in [3.63, 3.8) is 0 Å². The molecule has 0 radical (unpaired) electrons. The van der Waals surface area contributed by atoms with Crippen LogP contribution in [0.15, 0.2) is 30.6 Å². The summed E-state index contributed by atoms with van der Waals surface area (Å²) in [4.78, 5) is 19.1. The van der Waals surface area contributed by atoms with Gasteiger partial charge in [0.05, 0.1) is 20.2 Å². The van der Waals surface area contributed by atoms with E-state index < -0.39 is 0 Å². The smallest absolute Gasteiger partial charge is 0.236 e. The van der Waals surface area contributed by atoms with Crippen molar-refractivity contribution in [2.24, 2.45) is 0 Å². The molecular weight excluding hydrogens is 332 g/mol. The maximum Gasteiger partial charge on any atom is 0.236 e. The van der Waals surface area contributed by atoms with Crippen molar-refractivity contribution in [2.45, 2.75) is 13.1 Å². The van der Waals surface area contributed by atoms with Crippen LogP contribution < -0.4 is 9.64 Å². The zero-order chi connectivity index (χ0) is 17.9. The molecular formula is C18H24N6O2. The topological polar surface area (TPSA) is 66.7 Å². The first kappa shape index (κ1) is 16.8. The van der Waals surface area contributed by atoms with Crippen LogP contribution in [0.3, 0.4) is 0 Å². The van der Waals surface area contributed by atoms with Crippen LogP contribution in [0.1, 0.15) is 5.82 Å². The molecule has 8 nitrogen and oxygen atoms in total. The number of ether oxygens (including phenoxy) is 1. The van der Waals surface area contributed by atoms with Gasteiger partial charge in [-0.15, -0.1) is 10.2 Å². The Balaban J connectivity index is 1.28. The molecule has 0 unspecified atom stereocenters. The second-order valence-electron chi connectivity index (χ2n) is 6.72. The number of piperazine rings is 1. The molecule has 1 amide bonds. The lowest BCUT2D eigenvalue weighted by Crippen LogP contribution is -2.51. The van der Waals surface area contributed by atoms with Crippen LogP contribution in [-0.2, 0) is 17.9 Å². The Morgan fingerprint density at radius 2 is 1.85 bits per heavy atom. The van der Waals surface area contributed by atoms with Crippen molar-refractivity contribution in [2.75, 3.05) is 51.3 Å². The number of hydrogen-bond donors (Lipinski definition) is 0. The highest BCUT2D eigenvalue weighted by Gasteiger charge is 2.25. The Hall–Kier alpha value is -2.61. The van der Waals surface area contributed by atoms with Gasteiger partial charge in [0.25, 0.3) is 0 Å². The van der Waals surface area contributed by atoms with E-state index in [0.717, 1.165) is 50.8 Å². The van der Waals surface area contributed by atoms with Gasteiger partial charge in [-0.25, -0.2) is 0 Å². The first-order valence-corrected chi connectivity index (χ1v) is 8.99. The number of amides is 1. The maximum absolute atomic E-state index is 12.6. The van der Waals surface area contributed by atoms with Crippen molar-refractivity contribution in [3.8, 4) is 5.75 Å². The minimum atomic E-state index is 0.201. The van der Waals surface area contributed by atoms with E-state index in [1.807, 2.05) is 17.0 Å². The lowest BCUT2D eigenvalue weighted by atomic mass is 10.2. The van der Waals surface area contributed by atoms with Gasteiger partial charge in [-0.2, -0.15) is 0 Å². The summed E-state index contributed by atoms with van der Waals surface area (Å²) in [7, 11) is 1.67. The summed E-state index contributed by atoms with van der Waals surface area (Å²) in [6.45, 7) is 6.08. The first-order chi connectivity index (χ1) is 12.7. The van der Waals surface area contributed by atoms with Gasteiger partial charge >= 0.3 is 0 Å². The molecule has 3 heterocycles. The summed E-state index contributed by atoms with van der Waals surface area (Å²) >= 11 is 0. The molecule has 26 heavy (non-hydrogen) atoms. The van der Waals surface area contributed by atoms with Crippen molar-refractivity contribution < 1.29 is 9.53 Å². The molecule has 2 aromatic rings. The SMILES string of the molecule is COc1ccc(N2CCN(C(=O)CN3CCn4cnnc4C3)CC2)cc1. The van der Waals surface area contributed by atoms with Gasteiger partial charge < -0.3 is 19.1 Å². The Labute approximate surface area is 153 Å². The van der Waals surface area contributed by atoms with Crippen LogP contribution in [0.4, 0.5) is 5.69 Å². The predicted octanol–water partition coefficient (Wildman–Crippen LogP) is 0.451. The quantitative estimate of drug-likeness (QED) is 0.793. The number of nitrogens with zero attached hydrogens (tertiary/aromatic N) is 6. The highest BCUT2D eigenvalue weighted by atomic mass is 16.5. The molecule has 0 spiro atoms. The average Bonchev–Trinajstić information content (AvgIpc) is 3.16. The molecule has 4 rings (SSSR count). The fraction of sp³-hybridized carbons (Fsp3) is 0.500. The number of hydrogen-bond acceptors (Lipinski definition) is 6. The molecule has 2 aliphatic heterocycles. The zero-order valence-corrected chi connectivity index (χ0v) is 15.0. The van der Waals surface area contributed by atoms with Crippen molar-refractivity contribution >= 4 is 11.6 Å². The molecule has 138 valence electrons. The molecule has 1 aromatic carbocycles. The monoisotopic (exact) mass is 356 g/mol. The van der Waals surface area contributed by atoms with E-state index in [4.69, 9.17) is 4.74 Å². The minimum Gasteiger partial charge on any atom is -0.497 e. The second-order valence-corrected chi connectivity index (χ2v) is 6.72. The summed E-state index contributed by atoms with van der Waals surface area (Å²) in [5.74, 6) is 2.00. The van der Waals surface area contributed by atoms with Gasteiger partial charge in [0.15, 0.2) is 0 Å². The van der Waals surface area contributed by atoms with Gasteiger partial charge in [0.2, 0.25) is 5.91 Å². The lowest BCUT2D eigenvalue weighted by Gasteiger charge is -2.37. The van der Waals surface area contributed by atoms with Crippen LogP contribution >= 0.6 is 0 Å². The van der Waals surface area contributed by atoms with Crippen molar-refractivity contribution in [3.05, 3.63) is 36.4 Å². The number of benzene rings is 1. The standard InChI is InChI=1S/C18H24N6O2/c1-26-16-4-2-15(3-5-16)22-8-10-23(11-9-22)18(25)13-21-6-7-24-14-19-20-17(24)12-21/h2-5,14H,6-13H2,1H3. The van der Waals surface area contributed by atoms with Crippen molar-refractivity contribution in [1.82, 2.24) is 24.6 Å². The Morgan fingerprint density at radius 1 is 1.08 bits per heavy atom. The molecule has 1 fully saturated rings. The average molecular weight is 356 g/mol. The highest BCUT2D eigenvalue weighted by Crippen LogP contribution is 2.20. The fourth-order valence-electron chi connectivity index (χ4n) is 3.55. The highest BCUT2D eigenvalue weighted by molar-refractivity contribution is 5.78. The van der Waals surface area contributed by atoms with E-state index in [2.05, 4.69) is 36.7 Å². The van der Waals surface area contributed by atoms with E-state index >= 15 is 0 Å². The summed E-state index contributed by atoms with van der Waals surface area (Å²) in [5.41, 5.74) is 1.17. The number of methoxy groups -OCH3 is 1. The Bertz CT molecular complexity index is 751. The number of rotatable bonds is 4. The Morgan fingerprint density at radius 3 is 2.58 bits per heavy atom. The molecule has 8 heteroatoms. The summed E-state index contributed by atoms with van der Waals surface area (Å²) in [5, 5.41) is 8.05.